The van der Waals surface area contributed by atoms with Gasteiger partial charge in [-0.2, -0.15) is 0 Å². The fourth-order valence-electron chi connectivity index (χ4n) is 2.36. The first-order valence-corrected chi connectivity index (χ1v) is 6.51. The molecule has 0 saturated heterocycles. The average Bonchev–Trinajstić information content (AvgIpc) is 2.40. The number of amides is 1. The first-order valence-electron chi connectivity index (χ1n) is 6.51. The minimum atomic E-state index is 0.0809. The lowest BCUT2D eigenvalue weighted by molar-refractivity contribution is -0.122. The van der Waals surface area contributed by atoms with E-state index < -0.39 is 0 Å². The van der Waals surface area contributed by atoms with Gasteiger partial charge in [-0.25, -0.2) is 0 Å². The Hall–Kier alpha value is -1.71. The van der Waals surface area contributed by atoms with Crippen LogP contribution in [-0.4, -0.2) is 19.1 Å². The fourth-order valence-corrected chi connectivity index (χ4v) is 2.36. The summed E-state index contributed by atoms with van der Waals surface area (Å²) in [6.45, 7) is 5.21. The van der Waals surface area contributed by atoms with Crippen LogP contribution >= 0.6 is 0 Å². The van der Waals surface area contributed by atoms with Gasteiger partial charge in [0.2, 0.25) is 5.91 Å². The number of carbonyl (C=O) groups excluding carboxylic acids is 1. The number of nitrogen functional groups attached to an aromatic ring is 1. The molecule has 1 amide bonds. The molecule has 4 heteroatoms. The Morgan fingerprint density at radius 1 is 1.44 bits per heavy atom. The molecule has 0 bridgehead atoms. The van der Waals surface area contributed by atoms with Crippen molar-refractivity contribution in [3.8, 4) is 5.75 Å². The van der Waals surface area contributed by atoms with Gasteiger partial charge in [0, 0.05) is 5.92 Å². The molecule has 1 aliphatic heterocycles. The predicted molar refractivity (Wildman–Crippen MR) is 72.8 cm³/mol. The van der Waals surface area contributed by atoms with Gasteiger partial charge >= 0.3 is 0 Å². The van der Waals surface area contributed by atoms with E-state index >= 15 is 0 Å². The third-order valence-corrected chi connectivity index (χ3v) is 3.48. The van der Waals surface area contributed by atoms with E-state index in [1.54, 1.807) is 6.07 Å². The molecule has 98 valence electrons. The van der Waals surface area contributed by atoms with Crippen molar-refractivity contribution in [2.75, 3.05) is 23.8 Å². The maximum absolute atomic E-state index is 12.5. The van der Waals surface area contributed by atoms with Crippen LogP contribution in [0.15, 0.2) is 18.2 Å². The summed E-state index contributed by atoms with van der Waals surface area (Å²) in [6.07, 6.45) is 1.73. The molecule has 0 aliphatic carbocycles. The monoisotopic (exact) mass is 248 g/mol. The molecule has 2 N–H and O–H groups in total. The molecule has 1 aliphatic rings. The molecule has 0 aromatic heterocycles. The van der Waals surface area contributed by atoms with Crippen LogP contribution in [0.25, 0.3) is 0 Å². The van der Waals surface area contributed by atoms with Crippen molar-refractivity contribution in [1.29, 1.82) is 0 Å². The summed E-state index contributed by atoms with van der Waals surface area (Å²) in [4.78, 5) is 14.3. The summed E-state index contributed by atoms with van der Waals surface area (Å²) < 4.78 is 5.56. The normalized spacial score (nSPS) is 14.3. The van der Waals surface area contributed by atoms with Crippen LogP contribution < -0.4 is 15.4 Å². The van der Waals surface area contributed by atoms with Crippen molar-refractivity contribution in [3.63, 3.8) is 0 Å². The number of ether oxygens (including phenoxy) is 1. The molecular formula is C14H20N2O2. The molecule has 0 saturated carbocycles. The fraction of sp³-hybridized carbons (Fsp3) is 0.500. The Morgan fingerprint density at radius 2 is 2.17 bits per heavy atom. The summed E-state index contributed by atoms with van der Waals surface area (Å²) in [5.41, 5.74) is 7.28. The Kier molecular flexibility index (Phi) is 3.75. The number of benzene rings is 1. The summed E-state index contributed by atoms with van der Waals surface area (Å²) in [5.74, 6) is 0.899. The third kappa shape index (κ3) is 2.15. The van der Waals surface area contributed by atoms with Gasteiger partial charge in [-0.15, -0.1) is 0 Å². The Balaban J connectivity index is 2.33. The van der Waals surface area contributed by atoms with Crippen molar-refractivity contribution in [2.45, 2.75) is 26.7 Å². The lowest BCUT2D eigenvalue weighted by Gasteiger charge is -2.32. The highest BCUT2D eigenvalue weighted by Crippen LogP contribution is 2.37. The maximum Gasteiger partial charge on any atom is 0.230 e. The van der Waals surface area contributed by atoms with Crippen LogP contribution in [0, 0.1) is 5.92 Å². The van der Waals surface area contributed by atoms with Gasteiger partial charge in [-0.05, 0) is 25.0 Å². The summed E-state index contributed by atoms with van der Waals surface area (Å²) in [5, 5.41) is 0. The summed E-state index contributed by atoms with van der Waals surface area (Å²) in [6, 6.07) is 5.55. The van der Waals surface area contributed by atoms with E-state index in [4.69, 9.17) is 10.5 Å². The SMILES string of the molecule is CCC(CC)C(=O)N1CCOc2c(N)cccc21. The molecular weight excluding hydrogens is 228 g/mol. The zero-order chi connectivity index (χ0) is 13.1. The number of rotatable bonds is 3. The van der Waals surface area contributed by atoms with Crippen molar-refractivity contribution in [1.82, 2.24) is 0 Å². The van der Waals surface area contributed by atoms with Gasteiger partial charge < -0.3 is 15.4 Å². The highest BCUT2D eigenvalue weighted by atomic mass is 16.5. The Bertz CT molecular complexity index is 441. The van der Waals surface area contributed by atoms with Crippen molar-refractivity contribution in [2.24, 2.45) is 5.92 Å². The van der Waals surface area contributed by atoms with Crippen LogP contribution in [0.1, 0.15) is 26.7 Å². The van der Waals surface area contributed by atoms with Crippen molar-refractivity contribution < 1.29 is 9.53 Å². The number of para-hydroxylation sites is 1. The zero-order valence-electron chi connectivity index (χ0n) is 11.0. The summed E-state index contributed by atoms with van der Waals surface area (Å²) >= 11 is 0. The largest absolute Gasteiger partial charge is 0.487 e. The molecule has 1 aromatic rings. The quantitative estimate of drug-likeness (QED) is 0.836. The second-order valence-electron chi connectivity index (χ2n) is 4.55. The number of carbonyl (C=O) groups is 1. The van der Waals surface area contributed by atoms with Gasteiger partial charge in [0.1, 0.15) is 6.61 Å². The molecule has 0 atom stereocenters. The molecule has 18 heavy (non-hydrogen) atoms. The molecule has 1 aromatic carbocycles. The minimum Gasteiger partial charge on any atom is -0.487 e. The van der Waals surface area contributed by atoms with Gasteiger partial charge in [0.15, 0.2) is 5.75 Å². The lowest BCUT2D eigenvalue weighted by atomic mass is 10.0. The topological polar surface area (TPSA) is 55.6 Å². The number of fused-ring (bicyclic) bond motifs is 1. The molecule has 4 nitrogen and oxygen atoms in total. The second kappa shape index (κ2) is 5.29. The van der Waals surface area contributed by atoms with E-state index in [1.807, 2.05) is 30.9 Å². The zero-order valence-corrected chi connectivity index (χ0v) is 11.0. The first-order chi connectivity index (χ1) is 8.69. The highest BCUT2D eigenvalue weighted by molar-refractivity contribution is 5.97. The average molecular weight is 248 g/mol. The smallest absolute Gasteiger partial charge is 0.230 e. The summed E-state index contributed by atoms with van der Waals surface area (Å²) in [7, 11) is 0. The number of anilines is 2. The van der Waals surface area contributed by atoms with Crippen LogP contribution in [0.2, 0.25) is 0 Å². The minimum absolute atomic E-state index is 0.0809. The van der Waals surface area contributed by atoms with Gasteiger partial charge in [0.25, 0.3) is 0 Å². The number of nitrogens with two attached hydrogens (primary N) is 1. The maximum atomic E-state index is 12.5. The molecule has 0 radical (unpaired) electrons. The van der Waals surface area contributed by atoms with Crippen molar-refractivity contribution in [3.05, 3.63) is 18.2 Å². The standard InChI is InChI=1S/C14H20N2O2/c1-3-10(4-2)14(17)16-8-9-18-13-11(15)6-5-7-12(13)16/h5-7,10H,3-4,8-9,15H2,1-2H3. The number of nitrogens with zero attached hydrogens (tertiary/aromatic N) is 1. The van der Waals surface area contributed by atoms with E-state index in [2.05, 4.69) is 0 Å². The molecule has 0 fully saturated rings. The van der Waals surface area contributed by atoms with E-state index in [9.17, 15) is 4.79 Å². The molecule has 2 rings (SSSR count). The van der Waals surface area contributed by atoms with Crippen LogP contribution in [-0.2, 0) is 4.79 Å². The van der Waals surface area contributed by atoms with Gasteiger partial charge in [-0.1, -0.05) is 19.9 Å². The number of hydrogen-bond acceptors (Lipinski definition) is 3. The molecule has 0 spiro atoms. The van der Waals surface area contributed by atoms with Crippen molar-refractivity contribution >= 4 is 17.3 Å². The first kappa shape index (κ1) is 12.7. The van der Waals surface area contributed by atoms with E-state index in [0.29, 0.717) is 24.6 Å². The predicted octanol–water partition coefficient (Wildman–Crippen LogP) is 2.43. The number of hydrogen-bond donors (Lipinski definition) is 1. The Morgan fingerprint density at radius 3 is 2.83 bits per heavy atom. The second-order valence-corrected chi connectivity index (χ2v) is 4.55. The highest BCUT2D eigenvalue weighted by Gasteiger charge is 2.28. The van der Waals surface area contributed by atoms with E-state index in [0.717, 1.165) is 18.5 Å². The Labute approximate surface area is 108 Å². The lowest BCUT2D eigenvalue weighted by Crippen LogP contribution is -2.41. The van der Waals surface area contributed by atoms with Crippen LogP contribution in [0.5, 0.6) is 5.75 Å². The van der Waals surface area contributed by atoms with E-state index in [1.165, 1.54) is 0 Å². The van der Waals surface area contributed by atoms with E-state index in [-0.39, 0.29) is 11.8 Å². The third-order valence-electron chi connectivity index (χ3n) is 3.48. The molecule has 0 unspecified atom stereocenters. The van der Waals surface area contributed by atoms with Crippen LogP contribution in [0.3, 0.4) is 0 Å². The van der Waals surface area contributed by atoms with Gasteiger partial charge in [-0.3, -0.25) is 4.79 Å². The van der Waals surface area contributed by atoms with Gasteiger partial charge in [0.05, 0.1) is 17.9 Å². The molecule has 1 heterocycles. The van der Waals surface area contributed by atoms with Crippen LogP contribution in [0.4, 0.5) is 11.4 Å².